The Morgan fingerprint density at radius 1 is 1.64 bits per heavy atom. The van der Waals surface area contributed by atoms with Crippen LogP contribution in [0.25, 0.3) is 0 Å². The molecule has 4 heteroatoms. The number of hydrogen-bond acceptors (Lipinski definition) is 3. The molecule has 0 N–H and O–H groups in total. The van der Waals surface area contributed by atoms with Crippen molar-refractivity contribution in [2.45, 2.75) is 19.4 Å². The second kappa shape index (κ2) is 4.28. The van der Waals surface area contributed by atoms with Crippen molar-refractivity contribution in [2.24, 2.45) is 0 Å². The minimum Gasteiger partial charge on any atom is -0.486 e. The summed E-state index contributed by atoms with van der Waals surface area (Å²) in [7, 11) is 0. The Bertz CT molecular complexity index is 324. The first-order valence-electron chi connectivity index (χ1n) is 4.62. The zero-order valence-corrected chi connectivity index (χ0v) is 9.58. The predicted molar refractivity (Wildman–Crippen MR) is 56.5 cm³/mol. The lowest BCUT2D eigenvalue weighted by Crippen LogP contribution is -2.15. The van der Waals surface area contributed by atoms with Crippen LogP contribution in [0.3, 0.4) is 0 Å². The number of rotatable bonds is 2. The number of ether oxygens (including phenoxy) is 2. The summed E-state index contributed by atoms with van der Waals surface area (Å²) >= 11 is 3.35. The Morgan fingerprint density at radius 2 is 2.50 bits per heavy atom. The summed E-state index contributed by atoms with van der Waals surface area (Å²) in [6.45, 7) is 3.48. The first-order chi connectivity index (χ1) is 6.75. The average Bonchev–Trinajstić information content (AvgIpc) is 2.64. The second-order valence-corrected chi connectivity index (χ2v) is 4.13. The van der Waals surface area contributed by atoms with Crippen LogP contribution in [0.15, 0.2) is 16.9 Å². The van der Waals surface area contributed by atoms with Crippen molar-refractivity contribution in [1.29, 1.82) is 0 Å². The Kier molecular flexibility index (Phi) is 3.03. The molecule has 2 heterocycles. The van der Waals surface area contributed by atoms with Gasteiger partial charge in [0.2, 0.25) is 0 Å². The third kappa shape index (κ3) is 2.25. The molecule has 1 saturated heterocycles. The van der Waals surface area contributed by atoms with E-state index in [1.165, 1.54) is 0 Å². The highest BCUT2D eigenvalue weighted by molar-refractivity contribution is 9.10. The molecule has 0 saturated carbocycles. The van der Waals surface area contributed by atoms with Crippen molar-refractivity contribution in [2.75, 3.05) is 13.2 Å². The molecule has 3 nitrogen and oxygen atoms in total. The first kappa shape index (κ1) is 9.93. The second-order valence-electron chi connectivity index (χ2n) is 3.38. The smallest absolute Gasteiger partial charge is 0.138 e. The molecule has 76 valence electrons. The van der Waals surface area contributed by atoms with E-state index in [2.05, 4.69) is 20.9 Å². The minimum absolute atomic E-state index is 0.192. The van der Waals surface area contributed by atoms with Crippen LogP contribution in [0.1, 0.15) is 12.0 Å². The van der Waals surface area contributed by atoms with Crippen LogP contribution in [0.4, 0.5) is 0 Å². The number of pyridine rings is 1. The molecule has 0 radical (unpaired) electrons. The fourth-order valence-corrected chi connectivity index (χ4v) is 1.61. The molecule has 0 bridgehead atoms. The maximum Gasteiger partial charge on any atom is 0.138 e. The molecule has 1 aromatic rings. The molecule has 0 spiro atoms. The third-order valence-corrected chi connectivity index (χ3v) is 3.01. The summed E-state index contributed by atoms with van der Waals surface area (Å²) in [6.07, 6.45) is 2.89. The lowest BCUT2D eigenvalue weighted by atomic mass is 10.3. The molecule has 14 heavy (non-hydrogen) atoms. The molecule has 2 rings (SSSR count). The van der Waals surface area contributed by atoms with Gasteiger partial charge in [-0.1, -0.05) is 0 Å². The van der Waals surface area contributed by atoms with Crippen LogP contribution in [0.2, 0.25) is 0 Å². The third-order valence-electron chi connectivity index (χ3n) is 2.18. The van der Waals surface area contributed by atoms with Crippen LogP contribution in [0, 0.1) is 6.92 Å². The Hall–Kier alpha value is -0.610. The number of aryl methyl sites for hydroxylation is 1. The Labute approximate surface area is 91.6 Å². The largest absolute Gasteiger partial charge is 0.486 e. The van der Waals surface area contributed by atoms with E-state index >= 15 is 0 Å². The van der Waals surface area contributed by atoms with Crippen LogP contribution >= 0.6 is 15.9 Å². The minimum atomic E-state index is 0.192. The lowest BCUT2D eigenvalue weighted by Gasteiger charge is -2.11. The normalized spacial score (nSPS) is 21.1. The summed E-state index contributed by atoms with van der Waals surface area (Å²) < 4.78 is 11.8. The summed E-state index contributed by atoms with van der Waals surface area (Å²) in [5.74, 6) is 0.821. The summed E-state index contributed by atoms with van der Waals surface area (Å²) in [6, 6.07) is 1.98. The van der Waals surface area contributed by atoms with E-state index in [9.17, 15) is 0 Å². The van der Waals surface area contributed by atoms with Gasteiger partial charge in [-0.25, -0.2) is 4.98 Å². The van der Waals surface area contributed by atoms with Gasteiger partial charge in [0.05, 0.1) is 19.4 Å². The van der Waals surface area contributed by atoms with Gasteiger partial charge in [-0.15, -0.1) is 0 Å². The van der Waals surface area contributed by atoms with Crippen molar-refractivity contribution in [3.8, 4) is 5.75 Å². The summed E-state index contributed by atoms with van der Waals surface area (Å²) in [5, 5.41) is 0. The zero-order chi connectivity index (χ0) is 9.97. The zero-order valence-electron chi connectivity index (χ0n) is 8.00. The molecular weight excluding hydrogens is 246 g/mol. The monoisotopic (exact) mass is 257 g/mol. The average molecular weight is 258 g/mol. The van der Waals surface area contributed by atoms with Crippen LogP contribution in [-0.2, 0) is 4.74 Å². The number of hydrogen-bond donors (Lipinski definition) is 0. The van der Waals surface area contributed by atoms with Gasteiger partial charge < -0.3 is 9.47 Å². The van der Waals surface area contributed by atoms with Gasteiger partial charge >= 0.3 is 0 Å². The summed E-state index contributed by atoms with van der Waals surface area (Å²) in [5.41, 5.74) is 1.08. The van der Waals surface area contributed by atoms with Crippen molar-refractivity contribution < 1.29 is 9.47 Å². The van der Waals surface area contributed by atoms with E-state index in [1.807, 2.05) is 13.0 Å². The lowest BCUT2D eigenvalue weighted by molar-refractivity contribution is 0.141. The van der Waals surface area contributed by atoms with E-state index in [-0.39, 0.29) is 6.10 Å². The van der Waals surface area contributed by atoms with E-state index in [4.69, 9.17) is 9.47 Å². The standard InChI is InChI=1S/C10H12BrNO2/c1-7-4-9(5-12-10(7)11)14-8-2-3-13-6-8/h4-5,8H,2-3,6H2,1H3. The molecule has 0 amide bonds. The molecule has 1 aromatic heterocycles. The van der Waals surface area contributed by atoms with Crippen LogP contribution < -0.4 is 4.74 Å². The Morgan fingerprint density at radius 3 is 3.14 bits per heavy atom. The number of aromatic nitrogens is 1. The SMILES string of the molecule is Cc1cc(OC2CCOC2)cnc1Br. The molecule has 1 unspecified atom stereocenters. The Balaban J connectivity index is 2.05. The van der Waals surface area contributed by atoms with Gasteiger partial charge in [0, 0.05) is 6.42 Å². The van der Waals surface area contributed by atoms with Crippen molar-refractivity contribution >= 4 is 15.9 Å². The predicted octanol–water partition coefficient (Wildman–Crippen LogP) is 2.32. The quantitative estimate of drug-likeness (QED) is 0.763. The van der Waals surface area contributed by atoms with Crippen molar-refractivity contribution in [1.82, 2.24) is 4.98 Å². The van der Waals surface area contributed by atoms with Gasteiger partial charge in [0.25, 0.3) is 0 Å². The summed E-state index contributed by atoms with van der Waals surface area (Å²) in [4.78, 5) is 4.17. The van der Waals surface area contributed by atoms with Crippen molar-refractivity contribution in [3.05, 3.63) is 22.4 Å². The first-order valence-corrected chi connectivity index (χ1v) is 5.41. The maximum absolute atomic E-state index is 5.70. The maximum atomic E-state index is 5.70. The van der Waals surface area contributed by atoms with Gasteiger partial charge in [0.15, 0.2) is 0 Å². The van der Waals surface area contributed by atoms with E-state index in [0.717, 1.165) is 28.9 Å². The molecule has 1 atom stereocenters. The molecule has 1 fully saturated rings. The highest BCUT2D eigenvalue weighted by Crippen LogP contribution is 2.21. The molecule has 0 aromatic carbocycles. The van der Waals surface area contributed by atoms with E-state index in [0.29, 0.717) is 6.61 Å². The number of nitrogens with zero attached hydrogens (tertiary/aromatic N) is 1. The van der Waals surface area contributed by atoms with Gasteiger partial charge in [-0.2, -0.15) is 0 Å². The van der Waals surface area contributed by atoms with Crippen LogP contribution in [0.5, 0.6) is 5.75 Å². The van der Waals surface area contributed by atoms with Gasteiger partial charge in [-0.3, -0.25) is 0 Å². The molecular formula is C10H12BrNO2. The molecule has 0 aliphatic carbocycles. The highest BCUT2D eigenvalue weighted by Gasteiger charge is 2.17. The molecule has 1 aliphatic heterocycles. The number of halogens is 1. The molecule has 1 aliphatic rings. The fraction of sp³-hybridized carbons (Fsp3) is 0.500. The topological polar surface area (TPSA) is 31.4 Å². The van der Waals surface area contributed by atoms with Gasteiger partial charge in [0.1, 0.15) is 16.5 Å². The fourth-order valence-electron chi connectivity index (χ4n) is 1.40. The van der Waals surface area contributed by atoms with Gasteiger partial charge in [-0.05, 0) is 34.5 Å². The van der Waals surface area contributed by atoms with Crippen LogP contribution in [-0.4, -0.2) is 24.3 Å². The van der Waals surface area contributed by atoms with E-state index in [1.54, 1.807) is 6.20 Å². The highest BCUT2D eigenvalue weighted by atomic mass is 79.9. The van der Waals surface area contributed by atoms with E-state index < -0.39 is 0 Å². The van der Waals surface area contributed by atoms with Crippen molar-refractivity contribution in [3.63, 3.8) is 0 Å².